The van der Waals surface area contributed by atoms with Crippen LogP contribution in [0.1, 0.15) is 23.1 Å². The lowest BCUT2D eigenvalue weighted by Crippen LogP contribution is -2.33. The summed E-state index contributed by atoms with van der Waals surface area (Å²) >= 11 is 5.88. The molecule has 0 fully saturated rings. The largest absolute Gasteiger partial charge is 0.497 e. The first-order valence-electron chi connectivity index (χ1n) is 9.09. The van der Waals surface area contributed by atoms with Crippen molar-refractivity contribution in [3.8, 4) is 5.75 Å². The smallest absolute Gasteiger partial charge is 0.319 e. The van der Waals surface area contributed by atoms with Gasteiger partial charge < -0.3 is 25.0 Å². The summed E-state index contributed by atoms with van der Waals surface area (Å²) in [5, 5.41) is 19.3. The van der Waals surface area contributed by atoms with E-state index in [0.29, 0.717) is 35.0 Å². The maximum Gasteiger partial charge on any atom is 0.319 e. The molecule has 0 saturated heterocycles. The third-order valence-electron chi connectivity index (χ3n) is 4.29. The first kappa shape index (κ1) is 20.7. The highest BCUT2D eigenvalue weighted by Gasteiger charge is 2.20. The quantitative estimate of drug-likeness (QED) is 0.517. The van der Waals surface area contributed by atoms with Gasteiger partial charge in [0, 0.05) is 36.2 Å². The molecule has 1 unspecified atom stereocenters. The summed E-state index contributed by atoms with van der Waals surface area (Å²) in [4.78, 5) is 12.5. The predicted molar refractivity (Wildman–Crippen MR) is 110 cm³/mol. The van der Waals surface area contributed by atoms with Gasteiger partial charge in [0.1, 0.15) is 5.75 Å². The van der Waals surface area contributed by atoms with Crippen molar-refractivity contribution < 1.29 is 19.2 Å². The Morgan fingerprint density at radius 2 is 1.93 bits per heavy atom. The molecule has 3 aromatic rings. The topological polar surface area (TPSA) is 96.6 Å². The van der Waals surface area contributed by atoms with E-state index in [1.54, 1.807) is 37.4 Å². The van der Waals surface area contributed by atoms with Crippen molar-refractivity contribution in [1.82, 2.24) is 10.5 Å². The zero-order chi connectivity index (χ0) is 20.6. The molecule has 152 valence electrons. The van der Waals surface area contributed by atoms with Crippen LogP contribution in [0.4, 0.5) is 10.5 Å². The third-order valence-corrected chi connectivity index (χ3v) is 4.55. The second-order valence-corrected chi connectivity index (χ2v) is 6.84. The van der Waals surface area contributed by atoms with Crippen molar-refractivity contribution in [3.05, 3.63) is 76.6 Å². The number of rotatable bonds is 8. The van der Waals surface area contributed by atoms with Gasteiger partial charge in [-0.25, -0.2) is 4.79 Å². The lowest BCUT2D eigenvalue weighted by atomic mass is 10.0. The van der Waals surface area contributed by atoms with E-state index in [4.69, 9.17) is 26.0 Å². The van der Waals surface area contributed by atoms with Crippen molar-refractivity contribution in [2.24, 2.45) is 0 Å². The highest BCUT2D eigenvalue weighted by molar-refractivity contribution is 6.30. The number of carbonyl (C=O) groups excluding carboxylic acids is 1. The van der Waals surface area contributed by atoms with Gasteiger partial charge >= 0.3 is 6.03 Å². The number of ether oxygens (including phenoxy) is 1. The molecule has 1 atom stereocenters. The molecule has 2 amide bonds. The van der Waals surface area contributed by atoms with E-state index in [2.05, 4.69) is 15.8 Å². The van der Waals surface area contributed by atoms with E-state index in [9.17, 15) is 4.79 Å². The van der Waals surface area contributed by atoms with Crippen LogP contribution >= 0.6 is 11.6 Å². The van der Waals surface area contributed by atoms with E-state index in [0.717, 1.165) is 11.3 Å². The third kappa shape index (κ3) is 5.97. The summed E-state index contributed by atoms with van der Waals surface area (Å²) in [7, 11) is 1.61. The van der Waals surface area contributed by atoms with E-state index < -0.39 is 6.04 Å². The van der Waals surface area contributed by atoms with E-state index in [-0.39, 0.29) is 12.6 Å². The molecule has 8 heteroatoms. The average molecular weight is 416 g/mol. The summed E-state index contributed by atoms with van der Waals surface area (Å²) in [6.45, 7) is -0.0282. The minimum Gasteiger partial charge on any atom is -0.497 e. The molecule has 0 aliphatic rings. The fraction of sp³-hybridized carbons (Fsp3) is 0.238. The van der Waals surface area contributed by atoms with Crippen molar-refractivity contribution in [1.29, 1.82) is 0 Å². The summed E-state index contributed by atoms with van der Waals surface area (Å²) in [6.07, 6.45) is 0.877. The number of nitrogens with one attached hydrogen (secondary N) is 2. The van der Waals surface area contributed by atoms with E-state index >= 15 is 0 Å². The number of hydrogen-bond donors (Lipinski definition) is 3. The number of carbonyl (C=O) groups is 1. The Morgan fingerprint density at radius 3 is 2.59 bits per heavy atom. The number of urea groups is 1. The monoisotopic (exact) mass is 415 g/mol. The lowest BCUT2D eigenvalue weighted by Gasteiger charge is -2.17. The molecule has 0 bridgehead atoms. The molecule has 2 aromatic carbocycles. The highest BCUT2D eigenvalue weighted by atomic mass is 35.5. The molecule has 0 radical (unpaired) electrons. The lowest BCUT2D eigenvalue weighted by molar-refractivity contribution is 0.244. The maximum atomic E-state index is 12.5. The second-order valence-electron chi connectivity index (χ2n) is 6.40. The first-order valence-corrected chi connectivity index (χ1v) is 9.47. The Bertz CT molecular complexity index is 926. The van der Waals surface area contributed by atoms with Crippen molar-refractivity contribution in [2.75, 3.05) is 19.0 Å². The number of anilines is 1. The number of nitrogens with zero attached hydrogens (tertiary/aromatic N) is 1. The number of halogens is 1. The Balaban J connectivity index is 1.75. The summed E-state index contributed by atoms with van der Waals surface area (Å²) in [5.74, 6) is 1.26. The molecule has 3 N–H and O–H groups in total. The molecule has 0 aliphatic carbocycles. The van der Waals surface area contributed by atoms with Crippen LogP contribution in [0.2, 0.25) is 5.02 Å². The van der Waals surface area contributed by atoms with Gasteiger partial charge in [-0.15, -0.1) is 0 Å². The van der Waals surface area contributed by atoms with Crippen LogP contribution in [0.25, 0.3) is 0 Å². The number of amides is 2. The van der Waals surface area contributed by atoms with Crippen LogP contribution in [0, 0.1) is 0 Å². The zero-order valence-electron chi connectivity index (χ0n) is 15.9. The zero-order valence-corrected chi connectivity index (χ0v) is 16.6. The van der Waals surface area contributed by atoms with Crippen LogP contribution in [-0.4, -0.2) is 30.0 Å². The summed E-state index contributed by atoms with van der Waals surface area (Å²) in [6, 6.07) is 15.3. The van der Waals surface area contributed by atoms with Gasteiger partial charge in [-0.2, -0.15) is 0 Å². The Kier molecular flexibility index (Phi) is 7.10. The van der Waals surface area contributed by atoms with Crippen LogP contribution in [-0.2, 0) is 12.8 Å². The molecular weight excluding hydrogens is 394 g/mol. The summed E-state index contributed by atoms with van der Waals surface area (Å²) in [5.41, 5.74) is 2.23. The molecule has 0 aliphatic heterocycles. The van der Waals surface area contributed by atoms with E-state index in [1.165, 1.54) is 0 Å². The number of methoxy groups -OCH3 is 1. The van der Waals surface area contributed by atoms with Gasteiger partial charge in [0.2, 0.25) is 0 Å². The fourth-order valence-corrected chi connectivity index (χ4v) is 2.93. The van der Waals surface area contributed by atoms with E-state index in [1.807, 2.05) is 24.3 Å². The van der Waals surface area contributed by atoms with Gasteiger partial charge in [0.05, 0.1) is 18.8 Å². The maximum absolute atomic E-state index is 12.5. The first-order chi connectivity index (χ1) is 14.1. The Morgan fingerprint density at radius 1 is 1.21 bits per heavy atom. The van der Waals surface area contributed by atoms with Crippen LogP contribution in [0.15, 0.2) is 59.1 Å². The Labute approximate surface area is 173 Å². The molecule has 1 aromatic heterocycles. The Hall–Kier alpha value is -3.03. The van der Waals surface area contributed by atoms with Gasteiger partial charge in [0.15, 0.2) is 5.76 Å². The molecular formula is C21H22ClN3O4. The van der Waals surface area contributed by atoms with Crippen LogP contribution in [0.3, 0.4) is 0 Å². The molecule has 1 heterocycles. The molecule has 0 spiro atoms. The van der Waals surface area contributed by atoms with Gasteiger partial charge in [-0.1, -0.05) is 28.9 Å². The summed E-state index contributed by atoms with van der Waals surface area (Å²) < 4.78 is 10.6. The van der Waals surface area contributed by atoms with Crippen molar-refractivity contribution >= 4 is 23.3 Å². The van der Waals surface area contributed by atoms with Crippen LogP contribution in [0.5, 0.6) is 5.75 Å². The van der Waals surface area contributed by atoms with Gasteiger partial charge in [-0.05, 0) is 42.0 Å². The van der Waals surface area contributed by atoms with Crippen LogP contribution < -0.4 is 15.4 Å². The average Bonchev–Trinajstić information content (AvgIpc) is 3.19. The fourth-order valence-electron chi connectivity index (χ4n) is 2.80. The molecule has 0 saturated carbocycles. The number of hydrogen-bond acceptors (Lipinski definition) is 5. The molecule has 3 rings (SSSR count). The molecule has 29 heavy (non-hydrogen) atoms. The van der Waals surface area contributed by atoms with Crippen molar-refractivity contribution in [3.63, 3.8) is 0 Å². The highest BCUT2D eigenvalue weighted by Crippen LogP contribution is 2.22. The SMILES string of the molecule is COc1ccc(CC(NC(=O)Nc2ccc(Cl)cc2)c2cc(CCO)no2)cc1. The number of aliphatic hydroxyl groups is 1. The minimum absolute atomic E-state index is 0.0282. The number of aromatic nitrogens is 1. The standard InChI is InChI=1S/C21H22ClN3O4/c1-28-18-8-2-14(3-9-18)12-19(20-13-17(10-11-26)25-29-20)24-21(27)23-16-6-4-15(22)5-7-16/h2-9,13,19,26H,10-12H2,1H3,(H2,23,24,27). The normalized spacial score (nSPS) is 11.7. The predicted octanol–water partition coefficient (Wildman–Crippen LogP) is 3.98. The molecule has 7 nitrogen and oxygen atoms in total. The number of benzene rings is 2. The van der Waals surface area contributed by atoms with Crippen molar-refractivity contribution in [2.45, 2.75) is 18.9 Å². The minimum atomic E-state index is -0.448. The van der Waals surface area contributed by atoms with Gasteiger partial charge in [-0.3, -0.25) is 0 Å². The number of aliphatic hydroxyl groups excluding tert-OH is 1. The van der Waals surface area contributed by atoms with Gasteiger partial charge in [0.25, 0.3) is 0 Å². The second kappa shape index (κ2) is 9.95.